The highest BCUT2D eigenvalue weighted by molar-refractivity contribution is 5.92. The Morgan fingerprint density at radius 1 is 1.50 bits per heavy atom. The van der Waals surface area contributed by atoms with Crippen molar-refractivity contribution in [2.75, 3.05) is 6.54 Å². The molecule has 76 valence electrons. The minimum Gasteiger partial charge on any atom is -0.507 e. The number of ether oxygens (including phenoxy) is 1. The van der Waals surface area contributed by atoms with Crippen LogP contribution in [-0.2, 0) is 4.74 Å². The monoisotopic (exact) mass is 196 g/mol. The maximum Gasteiger partial charge on any atom is 0.343 e. The Kier molecular flexibility index (Phi) is 3.44. The van der Waals surface area contributed by atoms with Gasteiger partial charge in [-0.15, -0.1) is 0 Å². The third kappa shape index (κ3) is 2.45. The molecule has 0 radical (unpaired) electrons. The molecule has 0 aliphatic carbocycles. The quantitative estimate of drug-likeness (QED) is 0.459. The van der Waals surface area contributed by atoms with Crippen LogP contribution in [0.4, 0.5) is 0 Å². The van der Waals surface area contributed by atoms with E-state index in [0.717, 1.165) is 0 Å². The third-order valence-corrected chi connectivity index (χ3v) is 1.61. The summed E-state index contributed by atoms with van der Waals surface area (Å²) in [5, 5.41) is 9.29. The van der Waals surface area contributed by atoms with E-state index in [9.17, 15) is 9.90 Å². The number of benzene rings is 1. The molecular formula is C9H12N2O3. The first kappa shape index (κ1) is 10.5. The molecule has 0 aromatic heterocycles. The summed E-state index contributed by atoms with van der Waals surface area (Å²) in [6.07, 6.45) is -0.845. The predicted octanol–water partition coefficient (Wildman–Crippen LogP) is -0.208. The van der Waals surface area contributed by atoms with E-state index >= 15 is 0 Å². The fourth-order valence-electron chi connectivity index (χ4n) is 0.895. The number of carbonyl (C=O) groups excluding carboxylic acids is 1. The van der Waals surface area contributed by atoms with Gasteiger partial charge in [0, 0.05) is 6.54 Å². The fourth-order valence-corrected chi connectivity index (χ4v) is 0.895. The predicted molar refractivity (Wildman–Crippen MR) is 50.6 cm³/mol. The van der Waals surface area contributed by atoms with Gasteiger partial charge in [0.2, 0.25) is 0 Å². The Morgan fingerprint density at radius 2 is 2.14 bits per heavy atom. The summed E-state index contributed by atoms with van der Waals surface area (Å²) in [7, 11) is 0. The van der Waals surface area contributed by atoms with Crippen molar-refractivity contribution >= 4 is 5.97 Å². The van der Waals surface area contributed by atoms with Crippen molar-refractivity contribution < 1.29 is 14.6 Å². The highest BCUT2D eigenvalue weighted by atomic mass is 16.6. The van der Waals surface area contributed by atoms with Crippen LogP contribution < -0.4 is 11.5 Å². The summed E-state index contributed by atoms with van der Waals surface area (Å²) in [4.78, 5) is 11.3. The van der Waals surface area contributed by atoms with E-state index in [1.807, 2.05) is 0 Å². The Labute approximate surface area is 81.3 Å². The number of hydrogen-bond donors (Lipinski definition) is 3. The van der Waals surface area contributed by atoms with Gasteiger partial charge in [0.05, 0.1) is 0 Å². The van der Waals surface area contributed by atoms with Crippen molar-refractivity contribution in [1.29, 1.82) is 0 Å². The molecule has 5 heteroatoms. The van der Waals surface area contributed by atoms with E-state index in [1.165, 1.54) is 12.1 Å². The van der Waals surface area contributed by atoms with E-state index in [0.29, 0.717) is 0 Å². The van der Waals surface area contributed by atoms with E-state index in [1.54, 1.807) is 12.1 Å². The van der Waals surface area contributed by atoms with Crippen LogP contribution in [0.1, 0.15) is 10.4 Å². The van der Waals surface area contributed by atoms with E-state index in [-0.39, 0.29) is 17.9 Å². The topological polar surface area (TPSA) is 98.6 Å². The molecule has 0 saturated heterocycles. The number of para-hydroxylation sites is 1. The molecule has 1 atom stereocenters. The zero-order valence-electron chi connectivity index (χ0n) is 7.51. The Hall–Kier alpha value is -1.59. The van der Waals surface area contributed by atoms with Crippen molar-refractivity contribution in [3.8, 4) is 5.75 Å². The smallest absolute Gasteiger partial charge is 0.343 e. The molecule has 0 aliphatic heterocycles. The van der Waals surface area contributed by atoms with Crippen molar-refractivity contribution in [3.05, 3.63) is 29.8 Å². The largest absolute Gasteiger partial charge is 0.507 e. The lowest BCUT2D eigenvalue weighted by Gasteiger charge is -2.10. The van der Waals surface area contributed by atoms with Crippen LogP contribution in [0.2, 0.25) is 0 Å². The second kappa shape index (κ2) is 4.59. The van der Waals surface area contributed by atoms with Gasteiger partial charge in [-0.05, 0) is 12.1 Å². The molecule has 0 saturated carbocycles. The minimum atomic E-state index is -0.845. The molecule has 0 spiro atoms. The van der Waals surface area contributed by atoms with Crippen molar-refractivity contribution in [2.45, 2.75) is 6.23 Å². The molecule has 0 fully saturated rings. The highest BCUT2D eigenvalue weighted by Gasteiger charge is 2.14. The maximum atomic E-state index is 11.3. The van der Waals surface area contributed by atoms with Gasteiger partial charge in [0.15, 0.2) is 6.23 Å². The van der Waals surface area contributed by atoms with Gasteiger partial charge in [0.1, 0.15) is 11.3 Å². The van der Waals surface area contributed by atoms with Crippen LogP contribution in [0.3, 0.4) is 0 Å². The molecule has 1 unspecified atom stereocenters. The second-order valence-corrected chi connectivity index (χ2v) is 2.70. The lowest BCUT2D eigenvalue weighted by Crippen LogP contribution is -2.34. The molecule has 0 heterocycles. The number of hydrogen-bond acceptors (Lipinski definition) is 5. The third-order valence-electron chi connectivity index (χ3n) is 1.61. The van der Waals surface area contributed by atoms with Crippen LogP contribution in [-0.4, -0.2) is 23.8 Å². The normalized spacial score (nSPS) is 12.1. The van der Waals surface area contributed by atoms with Gasteiger partial charge in [-0.3, -0.25) is 5.73 Å². The second-order valence-electron chi connectivity index (χ2n) is 2.70. The van der Waals surface area contributed by atoms with Crippen LogP contribution in [0, 0.1) is 0 Å². The minimum absolute atomic E-state index is 0.0410. The number of esters is 1. The Bertz CT molecular complexity index is 328. The van der Waals surface area contributed by atoms with Gasteiger partial charge in [0.25, 0.3) is 0 Å². The number of aromatic hydroxyl groups is 1. The van der Waals surface area contributed by atoms with Gasteiger partial charge < -0.3 is 15.6 Å². The average molecular weight is 196 g/mol. The van der Waals surface area contributed by atoms with Crippen molar-refractivity contribution in [1.82, 2.24) is 0 Å². The molecule has 0 bridgehead atoms. The van der Waals surface area contributed by atoms with Crippen molar-refractivity contribution in [3.63, 3.8) is 0 Å². The molecule has 0 amide bonds. The fraction of sp³-hybridized carbons (Fsp3) is 0.222. The van der Waals surface area contributed by atoms with Gasteiger partial charge in [-0.2, -0.15) is 0 Å². The molecular weight excluding hydrogens is 184 g/mol. The number of carbonyl (C=O) groups is 1. The summed E-state index contributed by atoms with van der Waals surface area (Å²) < 4.78 is 4.72. The number of rotatable bonds is 3. The molecule has 5 N–H and O–H groups in total. The molecule has 14 heavy (non-hydrogen) atoms. The Morgan fingerprint density at radius 3 is 2.71 bits per heavy atom. The molecule has 1 rings (SSSR count). The van der Waals surface area contributed by atoms with Crippen LogP contribution in [0.25, 0.3) is 0 Å². The SMILES string of the molecule is NCC(N)OC(=O)c1ccccc1O. The summed E-state index contributed by atoms with van der Waals surface area (Å²) in [5.41, 5.74) is 10.6. The summed E-state index contributed by atoms with van der Waals surface area (Å²) in [6.45, 7) is 0.0410. The van der Waals surface area contributed by atoms with Gasteiger partial charge in [-0.1, -0.05) is 12.1 Å². The van der Waals surface area contributed by atoms with Crippen molar-refractivity contribution in [2.24, 2.45) is 11.5 Å². The number of phenols is 1. The summed E-state index contributed by atoms with van der Waals surface area (Å²) in [6, 6.07) is 6.06. The molecule has 1 aromatic carbocycles. The summed E-state index contributed by atoms with van der Waals surface area (Å²) in [5.74, 6) is -0.817. The van der Waals surface area contributed by atoms with E-state index in [4.69, 9.17) is 16.2 Å². The maximum absolute atomic E-state index is 11.3. The zero-order valence-corrected chi connectivity index (χ0v) is 7.51. The van der Waals surface area contributed by atoms with E-state index in [2.05, 4.69) is 0 Å². The highest BCUT2D eigenvalue weighted by Crippen LogP contribution is 2.16. The molecule has 0 aliphatic rings. The van der Waals surface area contributed by atoms with E-state index < -0.39 is 12.2 Å². The zero-order chi connectivity index (χ0) is 10.6. The standard InChI is InChI=1S/C9H12N2O3/c10-5-8(11)14-9(13)6-3-1-2-4-7(6)12/h1-4,8,12H,5,10-11H2. The first-order valence-corrected chi connectivity index (χ1v) is 4.09. The van der Waals surface area contributed by atoms with Crippen LogP contribution in [0.5, 0.6) is 5.75 Å². The molecule has 1 aromatic rings. The lowest BCUT2D eigenvalue weighted by atomic mass is 10.2. The Balaban J connectivity index is 2.75. The first-order valence-electron chi connectivity index (χ1n) is 4.09. The lowest BCUT2D eigenvalue weighted by molar-refractivity contribution is 0.0331. The van der Waals surface area contributed by atoms with Gasteiger partial charge >= 0.3 is 5.97 Å². The molecule has 5 nitrogen and oxygen atoms in total. The number of nitrogens with two attached hydrogens (primary N) is 2. The van der Waals surface area contributed by atoms with Gasteiger partial charge in [-0.25, -0.2) is 4.79 Å². The first-order chi connectivity index (χ1) is 6.65. The van der Waals surface area contributed by atoms with Crippen LogP contribution >= 0.6 is 0 Å². The average Bonchev–Trinajstić information content (AvgIpc) is 2.18. The number of phenolic OH excluding ortho intramolecular Hbond substituents is 1. The van der Waals surface area contributed by atoms with Crippen LogP contribution in [0.15, 0.2) is 24.3 Å². The summed E-state index contributed by atoms with van der Waals surface area (Å²) >= 11 is 0.